The fourth-order valence-electron chi connectivity index (χ4n) is 4.25. The second kappa shape index (κ2) is 8.61. The van der Waals surface area contributed by atoms with Gasteiger partial charge in [0.1, 0.15) is 6.26 Å². The molecule has 2 fully saturated rings. The standard InChI is InChI=1S/C25H26N4O4/c1-16-4-2-3-5-21(16)28-10-12-29(13-11-28)22-9-8-18(25(31)32)14-19(22)26-23(30)20-15-33-24(27-20)17-6-7-17/h2-5,8-9,14-15,17H,6-7,10-13H2,1H3,(H,26,30)(H,31,32). The highest BCUT2D eigenvalue weighted by Crippen LogP contribution is 2.39. The van der Waals surface area contributed by atoms with Crippen LogP contribution in [0, 0.1) is 6.92 Å². The lowest BCUT2D eigenvalue weighted by atomic mass is 10.1. The molecular weight excluding hydrogens is 420 g/mol. The SMILES string of the molecule is Cc1ccccc1N1CCN(c2ccc(C(=O)O)cc2NC(=O)c2coc(C3CC3)n2)CC1. The topological polar surface area (TPSA) is 98.9 Å². The van der Waals surface area contributed by atoms with Gasteiger partial charge in [-0.05, 0) is 49.6 Å². The Hall–Kier alpha value is -3.81. The number of rotatable bonds is 6. The molecule has 1 aliphatic carbocycles. The summed E-state index contributed by atoms with van der Waals surface area (Å²) in [6, 6.07) is 13.2. The molecule has 2 heterocycles. The van der Waals surface area contributed by atoms with Crippen molar-refractivity contribution in [3.05, 3.63) is 71.4 Å². The summed E-state index contributed by atoms with van der Waals surface area (Å²) >= 11 is 0. The first-order valence-corrected chi connectivity index (χ1v) is 11.2. The summed E-state index contributed by atoms with van der Waals surface area (Å²) in [5.41, 5.74) is 4.04. The Balaban J connectivity index is 1.35. The first-order chi connectivity index (χ1) is 16.0. The number of nitrogens with one attached hydrogen (secondary N) is 1. The molecule has 0 unspecified atom stereocenters. The number of piperazine rings is 1. The van der Waals surface area contributed by atoms with Gasteiger partial charge in [0.05, 0.1) is 16.9 Å². The van der Waals surface area contributed by atoms with Crippen molar-refractivity contribution in [2.45, 2.75) is 25.7 Å². The smallest absolute Gasteiger partial charge is 0.335 e. The molecule has 2 aliphatic rings. The summed E-state index contributed by atoms with van der Waals surface area (Å²) in [5, 5.41) is 12.3. The molecule has 1 amide bonds. The number of amides is 1. The van der Waals surface area contributed by atoms with Crippen molar-refractivity contribution >= 4 is 28.9 Å². The highest BCUT2D eigenvalue weighted by atomic mass is 16.4. The Morgan fingerprint density at radius 2 is 1.73 bits per heavy atom. The Morgan fingerprint density at radius 3 is 2.39 bits per heavy atom. The molecule has 2 N–H and O–H groups in total. The number of hydrogen-bond donors (Lipinski definition) is 2. The predicted octanol–water partition coefficient (Wildman–Crippen LogP) is 4.14. The maximum absolute atomic E-state index is 12.9. The molecule has 1 aromatic heterocycles. The van der Waals surface area contributed by atoms with Gasteiger partial charge < -0.3 is 24.6 Å². The monoisotopic (exact) mass is 446 g/mol. The van der Waals surface area contributed by atoms with E-state index >= 15 is 0 Å². The molecule has 0 radical (unpaired) electrons. The number of aromatic carboxylic acids is 1. The number of hydrogen-bond acceptors (Lipinski definition) is 6. The van der Waals surface area contributed by atoms with Crippen molar-refractivity contribution in [1.82, 2.24) is 4.98 Å². The molecular formula is C25H26N4O4. The molecule has 1 aliphatic heterocycles. The summed E-state index contributed by atoms with van der Waals surface area (Å²) in [5.74, 6) is -0.555. The van der Waals surface area contributed by atoms with Gasteiger partial charge in [0.25, 0.3) is 5.91 Å². The first-order valence-electron chi connectivity index (χ1n) is 11.2. The second-order valence-electron chi connectivity index (χ2n) is 8.60. The van der Waals surface area contributed by atoms with Crippen LogP contribution >= 0.6 is 0 Å². The van der Waals surface area contributed by atoms with E-state index in [4.69, 9.17) is 4.42 Å². The van der Waals surface area contributed by atoms with E-state index in [-0.39, 0.29) is 11.3 Å². The number of benzene rings is 2. The van der Waals surface area contributed by atoms with E-state index in [2.05, 4.69) is 39.2 Å². The molecule has 8 heteroatoms. The average molecular weight is 447 g/mol. The third-order valence-corrected chi connectivity index (χ3v) is 6.25. The highest BCUT2D eigenvalue weighted by molar-refractivity contribution is 6.05. The van der Waals surface area contributed by atoms with E-state index in [1.54, 1.807) is 12.1 Å². The zero-order chi connectivity index (χ0) is 22.9. The molecule has 170 valence electrons. The molecule has 33 heavy (non-hydrogen) atoms. The third-order valence-electron chi connectivity index (χ3n) is 6.25. The molecule has 5 rings (SSSR count). The van der Waals surface area contributed by atoms with Gasteiger partial charge in [0.15, 0.2) is 11.6 Å². The van der Waals surface area contributed by atoms with Crippen molar-refractivity contribution < 1.29 is 19.1 Å². The molecule has 0 bridgehead atoms. The lowest BCUT2D eigenvalue weighted by molar-refractivity contribution is 0.0696. The van der Waals surface area contributed by atoms with Gasteiger partial charge >= 0.3 is 5.97 Å². The van der Waals surface area contributed by atoms with Crippen LogP contribution in [0.1, 0.15) is 51.1 Å². The Kier molecular flexibility index (Phi) is 5.50. The van der Waals surface area contributed by atoms with E-state index in [0.29, 0.717) is 17.5 Å². The van der Waals surface area contributed by atoms with E-state index < -0.39 is 11.9 Å². The van der Waals surface area contributed by atoms with Gasteiger partial charge in [0, 0.05) is 37.8 Å². The number of nitrogens with zero attached hydrogens (tertiary/aromatic N) is 3. The van der Waals surface area contributed by atoms with Crippen molar-refractivity contribution in [2.75, 3.05) is 41.3 Å². The minimum Gasteiger partial charge on any atom is -0.478 e. The second-order valence-corrected chi connectivity index (χ2v) is 8.60. The van der Waals surface area contributed by atoms with Crippen LogP contribution in [0.5, 0.6) is 0 Å². The van der Waals surface area contributed by atoms with Gasteiger partial charge in [-0.1, -0.05) is 18.2 Å². The van der Waals surface area contributed by atoms with E-state index in [1.807, 2.05) is 12.1 Å². The summed E-state index contributed by atoms with van der Waals surface area (Å²) in [6.45, 7) is 5.26. The van der Waals surface area contributed by atoms with Gasteiger partial charge in [-0.3, -0.25) is 4.79 Å². The molecule has 2 aromatic carbocycles. The van der Waals surface area contributed by atoms with E-state index in [0.717, 1.165) is 44.7 Å². The summed E-state index contributed by atoms with van der Waals surface area (Å²) in [7, 11) is 0. The Labute approximate surface area is 191 Å². The molecule has 1 saturated carbocycles. The molecule has 3 aromatic rings. The fourth-order valence-corrected chi connectivity index (χ4v) is 4.25. The van der Waals surface area contributed by atoms with Gasteiger partial charge in [-0.25, -0.2) is 9.78 Å². The first kappa shape index (κ1) is 21.1. The minimum atomic E-state index is -1.04. The molecule has 0 atom stereocenters. The molecule has 1 saturated heterocycles. The van der Waals surface area contributed by atoms with Crippen molar-refractivity contribution in [1.29, 1.82) is 0 Å². The normalized spacial score (nSPS) is 16.0. The fraction of sp³-hybridized carbons (Fsp3) is 0.320. The molecule has 8 nitrogen and oxygen atoms in total. The Morgan fingerprint density at radius 1 is 1.03 bits per heavy atom. The average Bonchev–Trinajstić information content (AvgIpc) is 3.55. The quantitative estimate of drug-likeness (QED) is 0.587. The number of carbonyl (C=O) groups is 2. The number of anilines is 3. The third kappa shape index (κ3) is 4.41. The minimum absolute atomic E-state index is 0.117. The van der Waals surface area contributed by atoms with Crippen molar-refractivity contribution in [3.8, 4) is 0 Å². The van der Waals surface area contributed by atoms with E-state index in [1.165, 1.54) is 23.6 Å². The predicted molar refractivity (Wildman–Crippen MR) is 125 cm³/mol. The number of carbonyl (C=O) groups excluding carboxylic acids is 1. The van der Waals surface area contributed by atoms with Crippen molar-refractivity contribution in [2.24, 2.45) is 0 Å². The number of aromatic nitrogens is 1. The number of oxazole rings is 1. The number of carboxylic acid groups (broad SMARTS) is 1. The lowest BCUT2D eigenvalue weighted by Crippen LogP contribution is -2.47. The zero-order valence-electron chi connectivity index (χ0n) is 18.5. The van der Waals surface area contributed by atoms with Crippen LogP contribution in [0.25, 0.3) is 0 Å². The lowest BCUT2D eigenvalue weighted by Gasteiger charge is -2.38. The zero-order valence-corrected chi connectivity index (χ0v) is 18.5. The molecule has 0 spiro atoms. The van der Waals surface area contributed by atoms with Crippen LogP contribution in [0.2, 0.25) is 0 Å². The summed E-state index contributed by atoms with van der Waals surface area (Å²) < 4.78 is 5.44. The van der Waals surface area contributed by atoms with Crippen LogP contribution < -0.4 is 15.1 Å². The summed E-state index contributed by atoms with van der Waals surface area (Å²) in [6.07, 6.45) is 3.42. The van der Waals surface area contributed by atoms with Crippen LogP contribution in [0.4, 0.5) is 17.1 Å². The van der Waals surface area contributed by atoms with Crippen LogP contribution in [0.15, 0.2) is 53.1 Å². The van der Waals surface area contributed by atoms with Gasteiger partial charge in [-0.2, -0.15) is 0 Å². The van der Waals surface area contributed by atoms with Crippen LogP contribution in [-0.4, -0.2) is 48.1 Å². The number of aryl methyl sites for hydroxylation is 1. The maximum Gasteiger partial charge on any atom is 0.335 e. The van der Waals surface area contributed by atoms with Gasteiger partial charge in [0.2, 0.25) is 0 Å². The van der Waals surface area contributed by atoms with Gasteiger partial charge in [-0.15, -0.1) is 0 Å². The number of carboxylic acids is 1. The largest absolute Gasteiger partial charge is 0.478 e. The van der Waals surface area contributed by atoms with Crippen LogP contribution in [0.3, 0.4) is 0 Å². The van der Waals surface area contributed by atoms with E-state index in [9.17, 15) is 14.7 Å². The van der Waals surface area contributed by atoms with Crippen molar-refractivity contribution in [3.63, 3.8) is 0 Å². The van der Waals surface area contributed by atoms with Crippen LogP contribution in [-0.2, 0) is 0 Å². The summed E-state index contributed by atoms with van der Waals surface area (Å²) in [4.78, 5) is 33.2. The number of para-hydroxylation sites is 1. The highest BCUT2D eigenvalue weighted by Gasteiger charge is 2.30. The Bertz CT molecular complexity index is 1190. The maximum atomic E-state index is 12.9.